The van der Waals surface area contributed by atoms with E-state index in [-0.39, 0.29) is 34.9 Å². The highest BCUT2D eigenvalue weighted by molar-refractivity contribution is 6.02. The maximum Gasteiger partial charge on any atom is 0.176 e. The fourth-order valence-electron chi connectivity index (χ4n) is 6.94. The van der Waals surface area contributed by atoms with Gasteiger partial charge in [-0.3, -0.25) is 9.36 Å². The third-order valence-corrected chi connectivity index (χ3v) is 8.89. The molecule has 6 rings (SSSR count). The number of nitrogens with zero attached hydrogens (tertiary/aromatic N) is 4. The predicted molar refractivity (Wildman–Crippen MR) is 141 cm³/mol. The second-order valence-electron chi connectivity index (χ2n) is 10.9. The second kappa shape index (κ2) is 8.99. The number of anilines is 1. The van der Waals surface area contributed by atoms with Crippen LogP contribution in [0, 0.1) is 29.0 Å². The number of para-hydroxylation sites is 2. The smallest absolute Gasteiger partial charge is 0.176 e. The van der Waals surface area contributed by atoms with Crippen molar-refractivity contribution in [2.24, 2.45) is 11.8 Å². The van der Waals surface area contributed by atoms with E-state index in [0.29, 0.717) is 5.69 Å². The quantitative estimate of drug-likeness (QED) is 0.456. The van der Waals surface area contributed by atoms with Gasteiger partial charge >= 0.3 is 0 Å². The maximum absolute atomic E-state index is 15.3. The van der Waals surface area contributed by atoms with Crippen LogP contribution in [-0.4, -0.2) is 28.4 Å². The Kier molecular flexibility index (Phi) is 5.75. The summed E-state index contributed by atoms with van der Waals surface area (Å²) in [5, 5.41) is 9.71. The van der Waals surface area contributed by atoms with E-state index in [1.54, 1.807) is 6.07 Å². The summed E-state index contributed by atoms with van der Waals surface area (Å²) in [7, 11) is 0. The van der Waals surface area contributed by atoms with Crippen molar-refractivity contribution < 1.29 is 9.18 Å². The summed E-state index contributed by atoms with van der Waals surface area (Å²) < 4.78 is 17.3. The molecule has 0 N–H and O–H groups in total. The molecule has 6 heteroatoms. The highest BCUT2D eigenvalue weighted by Crippen LogP contribution is 2.51. The first-order chi connectivity index (χ1) is 17.9. The lowest BCUT2D eigenvalue weighted by atomic mass is 9.58. The number of fused-ring (bicyclic) bond motifs is 3. The lowest BCUT2D eigenvalue weighted by Crippen LogP contribution is -2.45. The van der Waals surface area contributed by atoms with Crippen molar-refractivity contribution in [2.75, 3.05) is 18.0 Å². The van der Waals surface area contributed by atoms with E-state index in [2.05, 4.69) is 46.7 Å². The molecule has 188 valence electrons. The fourth-order valence-corrected chi connectivity index (χ4v) is 6.94. The predicted octanol–water partition coefficient (Wildman–Crippen LogP) is 5.88. The zero-order valence-corrected chi connectivity index (χ0v) is 21.3. The van der Waals surface area contributed by atoms with Crippen LogP contribution >= 0.6 is 0 Å². The van der Waals surface area contributed by atoms with E-state index in [9.17, 15) is 10.1 Å². The van der Waals surface area contributed by atoms with Crippen LogP contribution in [0.3, 0.4) is 0 Å². The minimum Gasteiger partial charge on any atom is -0.371 e. The van der Waals surface area contributed by atoms with Crippen LogP contribution in [0.15, 0.2) is 66.2 Å². The molecule has 5 nitrogen and oxygen atoms in total. The molecular formula is C31H31FN4O. The number of imidazole rings is 1. The fraction of sp³-hybridized carbons (Fsp3) is 0.387. The number of hydrogen-bond acceptors (Lipinski definition) is 4. The SMILES string of the molecule is C[C@H]1C(=O)C(C#N)=C[C@@]2(C)c3nc(C4CCN(c5ccccc5)CC4)n(-c4ccccc4F)c3CC[C@H]12. The van der Waals surface area contributed by atoms with Gasteiger partial charge in [0, 0.05) is 41.7 Å². The van der Waals surface area contributed by atoms with Gasteiger partial charge in [-0.25, -0.2) is 9.37 Å². The number of rotatable bonds is 3. The molecule has 3 aromatic rings. The monoisotopic (exact) mass is 494 g/mol. The second-order valence-corrected chi connectivity index (χ2v) is 10.9. The number of halogens is 1. The molecule has 1 aliphatic heterocycles. The molecule has 3 aliphatic rings. The Balaban J connectivity index is 1.46. The largest absolute Gasteiger partial charge is 0.371 e. The van der Waals surface area contributed by atoms with Gasteiger partial charge in [0.05, 0.1) is 17.0 Å². The zero-order valence-electron chi connectivity index (χ0n) is 21.3. The maximum atomic E-state index is 15.3. The first-order valence-electron chi connectivity index (χ1n) is 13.3. The molecule has 0 radical (unpaired) electrons. The Morgan fingerprint density at radius 3 is 2.46 bits per heavy atom. The van der Waals surface area contributed by atoms with Crippen LogP contribution in [0.4, 0.5) is 10.1 Å². The Morgan fingerprint density at radius 2 is 1.76 bits per heavy atom. The van der Waals surface area contributed by atoms with E-state index in [0.717, 1.165) is 56.0 Å². The van der Waals surface area contributed by atoms with Crippen LogP contribution in [0.2, 0.25) is 0 Å². The molecule has 2 aromatic carbocycles. The first-order valence-corrected chi connectivity index (χ1v) is 13.3. The van der Waals surface area contributed by atoms with Gasteiger partial charge in [0.15, 0.2) is 5.78 Å². The third kappa shape index (κ3) is 3.71. The van der Waals surface area contributed by atoms with Gasteiger partial charge in [0.1, 0.15) is 17.7 Å². The van der Waals surface area contributed by atoms with Gasteiger partial charge in [-0.1, -0.05) is 50.3 Å². The molecular weight excluding hydrogens is 463 g/mol. The number of Topliss-reactive ketones (excluding diaryl/α,β-unsaturated/α-hetero) is 1. The summed E-state index contributed by atoms with van der Waals surface area (Å²) in [6.07, 6.45) is 5.23. The number of carbonyl (C=O) groups is 1. The first kappa shape index (κ1) is 23.7. The molecule has 1 aromatic heterocycles. The van der Waals surface area contributed by atoms with Crippen LogP contribution < -0.4 is 4.90 Å². The Labute approximate surface area is 217 Å². The van der Waals surface area contributed by atoms with Gasteiger partial charge in [0.25, 0.3) is 0 Å². The number of ketones is 1. The number of allylic oxidation sites excluding steroid dienone is 2. The van der Waals surface area contributed by atoms with Gasteiger partial charge in [0.2, 0.25) is 0 Å². The van der Waals surface area contributed by atoms with Crippen molar-refractivity contribution in [3.8, 4) is 11.8 Å². The normalized spacial score (nSPS) is 25.7. The molecule has 0 unspecified atom stereocenters. The number of hydrogen-bond donors (Lipinski definition) is 0. The molecule has 0 amide bonds. The summed E-state index contributed by atoms with van der Waals surface area (Å²) in [5.74, 6) is 0.583. The van der Waals surface area contributed by atoms with Gasteiger partial charge < -0.3 is 4.90 Å². The lowest BCUT2D eigenvalue weighted by Gasteiger charge is -2.44. The number of carbonyl (C=O) groups excluding carboxylic acids is 1. The summed E-state index contributed by atoms with van der Waals surface area (Å²) in [4.78, 5) is 20.5. The Hall–Kier alpha value is -3.72. The van der Waals surface area contributed by atoms with E-state index in [1.807, 2.05) is 31.2 Å². The number of aromatic nitrogens is 2. The Bertz CT molecular complexity index is 1430. The van der Waals surface area contributed by atoms with E-state index in [1.165, 1.54) is 11.8 Å². The van der Waals surface area contributed by atoms with Crippen molar-refractivity contribution in [1.29, 1.82) is 5.26 Å². The summed E-state index contributed by atoms with van der Waals surface area (Å²) in [5.41, 5.74) is 3.35. The van der Waals surface area contributed by atoms with Crippen LogP contribution in [0.25, 0.3) is 5.69 Å². The van der Waals surface area contributed by atoms with Crippen molar-refractivity contribution >= 4 is 11.5 Å². The zero-order chi connectivity index (χ0) is 25.7. The third-order valence-electron chi connectivity index (χ3n) is 8.89. The van der Waals surface area contributed by atoms with E-state index >= 15 is 4.39 Å². The van der Waals surface area contributed by atoms with Gasteiger partial charge in [-0.05, 0) is 55.9 Å². The highest BCUT2D eigenvalue weighted by Gasteiger charge is 2.50. The molecule has 1 saturated heterocycles. The van der Waals surface area contributed by atoms with Crippen LogP contribution in [0.5, 0.6) is 0 Å². The highest BCUT2D eigenvalue weighted by atomic mass is 19.1. The average molecular weight is 495 g/mol. The summed E-state index contributed by atoms with van der Waals surface area (Å²) >= 11 is 0. The van der Waals surface area contributed by atoms with Crippen LogP contribution in [0.1, 0.15) is 56.2 Å². The minimum atomic E-state index is -0.540. The molecule has 2 heterocycles. The molecule has 0 saturated carbocycles. The van der Waals surface area contributed by atoms with E-state index < -0.39 is 5.41 Å². The molecule has 37 heavy (non-hydrogen) atoms. The van der Waals surface area contributed by atoms with Crippen molar-refractivity contribution in [3.63, 3.8) is 0 Å². The van der Waals surface area contributed by atoms with Gasteiger partial charge in [-0.15, -0.1) is 0 Å². The Morgan fingerprint density at radius 1 is 1.05 bits per heavy atom. The van der Waals surface area contributed by atoms with Crippen molar-refractivity contribution in [3.05, 3.63) is 89.3 Å². The standard InChI is InChI=1S/C31H31FN4O/c1-20-24-12-13-27-29(31(24,2)18-22(19-33)28(20)37)34-30(36(27)26-11-7-6-10-25(26)32)21-14-16-35(17-15-21)23-8-4-3-5-9-23/h3-11,18,20-21,24H,12-17H2,1-2H3/t20-,24-,31-/m1/s1. The molecule has 2 aliphatic carbocycles. The number of nitriles is 1. The molecule has 0 bridgehead atoms. The number of piperidine rings is 1. The minimum absolute atomic E-state index is 0.0707. The van der Waals surface area contributed by atoms with Crippen molar-refractivity contribution in [2.45, 2.75) is 50.9 Å². The summed E-state index contributed by atoms with van der Waals surface area (Å²) in [6.45, 7) is 5.87. The van der Waals surface area contributed by atoms with E-state index in [4.69, 9.17) is 4.98 Å². The summed E-state index contributed by atoms with van der Waals surface area (Å²) in [6, 6.07) is 19.5. The molecule has 0 spiro atoms. The molecule has 1 fully saturated rings. The topological polar surface area (TPSA) is 61.9 Å². The average Bonchev–Trinajstić information content (AvgIpc) is 3.32. The van der Waals surface area contributed by atoms with Gasteiger partial charge in [-0.2, -0.15) is 5.26 Å². The van der Waals surface area contributed by atoms with Crippen molar-refractivity contribution in [1.82, 2.24) is 9.55 Å². The number of benzene rings is 2. The molecule has 3 atom stereocenters. The van der Waals surface area contributed by atoms with Crippen LogP contribution in [-0.2, 0) is 16.6 Å². The lowest BCUT2D eigenvalue weighted by molar-refractivity contribution is -0.121.